The first-order valence-electron chi connectivity index (χ1n) is 7.97. The van der Waals surface area contributed by atoms with E-state index >= 15 is 0 Å². The van der Waals surface area contributed by atoms with Crippen LogP contribution in [0.2, 0.25) is 0 Å². The monoisotopic (exact) mass is 315 g/mol. The maximum Gasteiger partial charge on any atom is 0.184 e. The zero-order valence-corrected chi connectivity index (χ0v) is 13.3. The Kier molecular flexibility index (Phi) is 5.08. The molecule has 0 aliphatic carbocycles. The molecule has 0 amide bonds. The number of Topliss-reactive ketones (excluding diaryl/α,β-unsaturated/α-hetero) is 1. The van der Waals surface area contributed by atoms with Crippen LogP contribution in [0.4, 0.5) is 0 Å². The molecule has 2 aromatic rings. The maximum absolute atomic E-state index is 12.1. The topological polar surface area (TPSA) is 61.6 Å². The van der Waals surface area contributed by atoms with Crippen molar-refractivity contribution in [1.29, 1.82) is 0 Å². The van der Waals surface area contributed by atoms with Crippen molar-refractivity contribution in [2.75, 3.05) is 13.2 Å². The van der Waals surface area contributed by atoms with Gasteiger partial charge in [0.1, 0.15) is 18.1 Å². The first-order valence-corrected chi connectivity index (χ1v) is 7.97. The Morgan fingerprint density at radius 3 is 2.91 bits per heavy atom. The summed E-state index contributed by atoms with van der Waals surface area (Å²) in [5, 5.41) is 3.85. The molecule has 5 nitrogen and oxygen atoms in total. The maximum atomic E-state index is 12.1. The van der Waals surface area contributed by atoms with Crippen molar-refractivity contribution in [2.45, 2.75) is 32.8 Å². The van der Waals surface area contributed by atoms with Gasteiger partial charge in [-0.15, -0.1) is 0 Å². The zero-order chi connectivity index (χ0) is 16.1. The third kappa shape index (κ3) is 4.42. The van der Waals surface area contributed by atoms with Gasteiger partial charge in [0.15, 0.2) is 11.5 Å². The Hall–Kier alpha value is -2.14. The minimum absolute atomic E-state index is 0.0160. The van der Waals surface area contributed by atoms with E-state index < -0.39 is 0 Å². The Bertz CT molecular complexity index is 641. The minimum Gasteiger partial charge on any atom is -0.486 e. The highest BCUT2D eigenvalue weighted by Gasteiger charge is 2.19. The second-order valence-corrected chi connectivity index (χ2v) is 5.97. The molecule has 122 valence electrons. The SMILES string of the molecule is Cc1ccc(OCc2cc(C(=O)CCC3CCOC3)no2)cc1. The van der Waals surface area contributed by atoms with Gasteiger partial charge in [0.25, 0.3) is 0 Å². The molecule has 0 radical (unpaired) electrons. The molecule has 0 bridgehead atoms. The molecule has 1 aliphatic heterocycles. The highest BCUT2D eigenvalue weighted by molar-refractivity contribution is 5.94. The van der Waals surface area contributed by atoms with E-state index in [4.69, 9.17) is 14.0 Å². The van der Waals surface area contributed by atoms with Gasteiger partial charge in [-0.05, 0) is 37.8 Å². The number of aromatic nitrogens is 1. The number of benzene rings is 1. The summed E-state index contributed by atoms with van der Waals surface area (Å²) in [6.45, 7) is 3.86. The lowest BCUT2D eigenvalue weighted by atomic mass is 10.00. The number of ketones is 1. The van der Waals surface area contributed by atoms with Crippen LogP contribution in [0, 0.1) is 12.8 Å². The summed E-state index contributed by atoms with van der Waals surface area (Å²) in [7, 11) is 0. The number of nitrogens with zero attached hydrogens (tertiary/aromatic N) is 1. The van der Waals surface area contributed by atoms with Crippen molar-refractivity contribution in [1.82, 2.24) is 5.16 Å². The molecule has 1 aliphatic rings. The lowest BCUT2D eigenvalue weighted by Crippen LogP contribution is -2.05. The molecule has 2 heterocycles. The lowest BCUT2D eigenvalue weighted by Gasteiger charge is -2.04. The summed E-state index contributed by atoms with van der Waals surface area (Å²) in [6.07, 6.45) is 2.38. The number of hydrogen-bond acceptors (Lipinski definition) is 5. The van der Waals surface area contributed by atoms with E-state index in [1.807, 2.05) is 31.2 Å². The van der Waals surface area contributed by atoms with Crippen LogP contribution in [-0.2, 0) is 11.3 Å². The summed E-state index contributed by atoms with van der Waals surface area (Å²) in [4.78, 5) is 12.1. The number of carbonyl (C=O) groups is 1. The molecule has 1 saturated heterocycles. The van der Waals surface area contributed by atoms with E-state index in [1.54, 1.807) is 6.07 Å². The van der Waals surface area contributed by atoms with Gasteiger partial charge >= 0.3 is 0 Å². The second kappa shape index (κ2) is 7.42. The fourth-order valence-corrected chi connectivity index (χ4v) is 2.58. The second-order valence-electron chi connectivity index (χ2n) is 5.97. The van der Waals surface area contributed by atoms with Crippen LogP contribution in [0.3, 0.4) is 0 Å². The molecule has 1 unspecified atom stereocenters. The van der Waals surface area contributed by atoms with Crippen molar-refractivity contribution >= 4 is 5.78 Å². The average Bonchev–Trinajstić information content (AvgIpc) is 3.24. The van der Waals surface area contributed by atoms with Crippen LogP contribution in [0.5, 0.6) is 5.75 Å². The Balaban J connectivity index is 1.48. The first kappa shape index (κ1) is 15.7. The third-order valence-corrected chi connectivity index (χ3v) is 4.05. The average molecular weight is 315 g/mol. The quantitative estimate of drug-likeness (QED) is 0.731. The molecular formula is C18H21NO4. The van der Waals surface area contributed by atoms with E-state index in [9.17, 15) is 4.79 Å². The Labute approximate surface area is 135 Å². The summed E-state index contributed by atoms with van der Waals surface area (Å²) in [5.41, 5.74) is 1.56. The van der Waals surface area contributed by atoms with Gasteiger partial charge < -0.3 is 14.0 Å². The van der Waals surface area contributed by atoms with Gasteiger partial charge in [0.2, 0.25) is 0 Å². The molecule has 5 heteroatoms. The Morgan fingerprint density at radius 2 is 2.17 bits per heavy atom. The summed E-state index contributed by atoms with van der Waals surface area (Å²) in [6, 6.07) is 9.44. The van der Waals surface area contributed by atoms with Crippen LogP contribution in [-0.4, -0.2) is 24.2 Å². The molecule has 0 saturated carbocycles. The van der Waals surface area contributed by atoms with E-state index in [1.165, 1.54) is 5.56 Å². The van der Waals surface area contributed by atoms with E-state index in [2.05, 4.69) is 5.16 Å². The van der Waals surface area contributed by atoms with Crippen LogP contribution in [0.1, 0.15) is 41.1 Å². The van der Waals surface area contributed by atoms with E-state index in [-0.39, 0.29) is 12.4 Å². The lowest BCUT2D eigenvalue weighted by molar-refractivity contribution is 0.0962. The molecule has 3 rings (SSSR count). The highest BCUT2D eigenvalue weighted by atomic mass is 16.5. The molecular weight excluding hydrogens is 294 g/mol. The van der Waals surface area contributed by atoms with Crippen molar-refractivity contribution in [2.24, 2.45) is 5.92 Å². The summed E-state index contributed by atoms with van der Waals surface area (Å²) in [5.74, 6) is 1.83. The van der Waals surface area contributed by atoms with Gasteiger partial charge in [-0.1, -0.05) is 22.9 Å². The predicted octanol–water partition coefficient (Wildman–Crippen LogP) is 3.56. The predicted molar refractivity (Wildman–Crippen MR) is 84.5 cm³/mol. The normalized spacial score (nSPS) is 17.3. The molecule has 0 spiro atoms. The molecule has 1 aromatic heterocycles. The summed E-state index contributed by atoms with van der Waals surface area (Å²) >= 11 is 0. The van der Waals surface area contributed by atoms with Crippen LogP contribution in [0.25, 0.3) is 0 Å². The smallest absolute Gasteiger partial charge is 0.184 e. The van der Waals surface area contributed by atoms with Gasteiger partial charge in [0.05, 0.1) is 0 Å². The number of rotatable bonds is 7. The van der Waals surface area contributed by atoms with Crippen LogP contribution in [0.15, 0.2) is 34.9 Å². The molecule has 1 fully saturated rings. The zero-order valence-electron chi connectivity index (χ0n) is 13.3. The minimum atomic E-state index is 0.0160. The van der Waals surface area contributed by atoms with Crippen LogP contribution < -0.4 is 4.74 Å². The van der Waals surface area contributed by atoms with Crippen LogP contribution >= 0.6 is 0 Å². The third-order valence-electron chi connectivity index (χ3n) is 4.05. The number of ether oxygens (including phenoxy) is 2. The number of carbonyl (C=O) groups excluding carboxylic acids is 1. The van der Waals surface area contributed by atoms with Gasteiger partial charge in [-0.3, -0.25) is 4.79 Å². The van der Waals surface area contributed by atoms with Crippen molar-refractivity contribution in [3.63, 3.8) is 0 Å². The van der Waals surface area contributed by atoms with E-state index in [0.29, 0.717) is 23.8 Å². The molecule has 1 aromatic carbocycles. The fourth-order valence-electron chi connectivity index (χ4n) is 2.58. The highest BCUT2D eigenvalue weighted by Crippen LogP contribution is 2.20. The van der Waals surface area contributed by atoms with E-state index in [0.717, 1.165) is 31.8 Å². The first-order chi connectivity index (χ1) is 11.2. The number of hydrogen-bond donors (Lipinski definition) is 0. The van der Waals surface area contributed by atoms with Gasteiger partial charge in [-0.25, -0.2) is 0 Å². The largest absolute Gasteiger partial charge is 0.486 e. The molecule has 23 heavy (non-hydrogen) atoms. The van der Waals surface area contributed by atoms with Crippen molar-refractivity contribution in [3.05, 3.63) is 47.3 Å². The van der Waals surface area contributed by atoms with Crippen molar-refractivity contribution < 1.29 is 18.8 Å². The summed E-state index contributed by atoms with van der Waals surface area (Å²) < 4.78 is 16.1. The molecule has 0 N–H and O–H groups in total. The standard InChI is InChI=1S/C18H21NO4/c1-13-2-5-15(6-3-13)22-12-16-10-17(19-23-16)18(20)7-4-14-8-9-21-11-14/h2-3,5-6,10,14H,4,7-9,11-12H2,1H3. The fraction of sp³-hybridized carbons (Fsp3) is 0.444. The van der Waals surface area contributed by atoms with Gasteiger partial charge in [0, 0.05) is 25.7 Å². The van der Waals surface area contributed by atoms with Gasteiger partial charge in [-0.2, -0.15) is 0 Å². The van der Waals surface area contributed by atoms with Crippen molar-refractivity contribution in [3.8, 4) is 5.75 Å². The Morgan fingerprint density at radius 1 is 1.35 bits per heavy atom. The number of aryl methyl sites for hydroxylation is 1. The molecule has 1 atom stereocenters.